The van der Waals surface area contributed by atoms with E-state index in [1.165, 1.54) is 0 Å². The third-order valence-electron chi connectivity index (χ3n) is 2.36. The minimum Gasteiger partial charge on any atom is -0.481 e. The van der Waals surface area contributed by atoms with Crippen LogP contribution in [-0.2, 0) is 17.6 Å². The van der Waals surface area contributed by atoms with Gasteiger partial charge in [0.15, 0.2) is 0 Å². The molecule has 0 aromatic carbocycles. The van der Waals surface area contributed by atoms with Crippen molar-refractivity contribution < 1.29 is 9.90 Å². The summed E-state index contributed by atoms with van der Waals surface area (Å²) in [4.78, 5) is 19.4. The fraction of sp³-hybridized carbons (Fsp3) is 0.583. The molecule has 1 rings (SSSR count). The molecule has 0 aliphatic heterocycles. The van der Waals surface area contributed by atoms with Crippen LogP contribution in [0.15, 0.2) is 0 Å². The Hall–Kier alpha value is -1.45. The Labute approximate surface area is 95.7 Å². The molecule has 0 fully saturated rings. The standard InChI is InChI=1S/C12H18N2O2/c1-7(2)5-10-8(3)13-9(4)11(14-10)6-12(15)16/h7H,5-6H2,1-4H3,(H,15,16). The summed E-state index contributed by atoms with van der Waals surface area (Å²) in [7, 11) is 0. The van der Waals surface area contributed by atoms with Crippen LogP contribution in [0.3, 0.4) is 0 Å². The minimum absolute atomic E-state index is 0.0514. The Bertz CT molecular complexity index is 400. The summed E-state index contributed by atoms with van der Waals surface area (Å²) in [6, 6.07) is 0. The number of hydrogen-bond donors (Lipinski definition) is 1. The van der Waals surface area contributed by atoms with Crippen molar-refractivity contribution in [2.24, 2.45) is 5.92 Å². The van der Waals surface area contributed by atoms with Crippen LogP contribution in [-0.4, -0.2) is 21.0 Å². The van der Waals surface area contributed by atoms with Gasteiger partial charge in [0.2, 0.25) is 0 Å². The number of carboxylic acid groups (broad SMARTS) is 1. The maximum atomic E-state index is 10.7. The fourth-order valence-corrected chi connectivity index (χ4v) is 1.60. The van der Waals surface area contributed by atoms with Crippen molar-refractivity contribution in [2.75, 3.05) is 0 Å². The van der Waals surface area contributed by atoms with E-state index in [0.717, 1.165) is 17.8 Å². The predicted octanol–water partition coefficient (Wildman–Crippen LogP) is 1.92. The topological polar surface area (TPSA) is 63.1 Å². The predicted molar refractivity (Wildman–Crippen MR) is 61.4 cm³/mol. The highest BCUT2D eigenvalue weighted by molar-refractivity contribution is 5.69. The molecule has 1 heterocycles. The number of aromatic nitrogens is 2. The molecule has 0 amide bonds. The van der Waals surface area contributed by atoms with E-state index in [9.17, 15) is 4.79 Å². The van der Waals surface area contributed by atoms with Gasteiger partial charge in [-0.15, -0.1) is 0 Å². The van der Waals surface area contributed by atoms with Crippen molar-refractivity contribution in [3.05, 3.63) is 22.8 Å². The molecule has 16 heavy (non-hydrogen) atoms. The van der Waals surface area contributed by atoms with Gasteiger partial charge in [0.25, 0.3) is 0 Å². The summed E-state index contributed by atoms with van der Waals surface area (Å²) in [6.45, 7) is 7.94. The molecule has 4 heteroatoms. The van der Waals surface area contributed by atoms with Crippen LogP contribution in [0.25, 0.3) is 0 Å². The molecule has 0 aliphatic carbocycles. The zero-order valence-corrected chi connectivity index (χ0v) is 10.2. The monoisotopic (exact) mass is 222 g/mol. The SMILES string of the molecule is Cc1nc(C)c(CC(C)C)nc1CC(=O)O. The molecule has 0 spiro atoms. The Kier molecular flexibility index (Phi) is 3.99. The molecule has 4 nitrogen and oxygen atoms in total. The van der Waals surface area contributed by atoms with E-state index in [1.54, 1.807) is 6.92 Å². The van der Waals surface area contributed by atoms with Gasteiger partial charge < -0.3 is 5.11 Å². The number of carboxylic acids is 1. The van der Waals surface area contributed by atoms with Gasteiger partial charge in [0, 0.05) is 0 Å². The van der Waals surface area contributed by atoms with Gasteiger partial charge in [-0.2, -0.15) is 0 Å². The maximum absolute atomic E-state index is 10.7. The van der Waals surface area contributed by atoms with Crippen molar-refractivity contribution in [1.82, 2.24) is 9.97 Å². The molecule has 0 unspecified atom stereocenters. The third-order valence-corrected chi connectivity index (χ3v) is 2.36. The van der Waals surface area contributed by atoms with E-state index < -0.39 is 5.97 Å². The Morgan fingerprint density at radius 2 is 1.75 bits per heavy atom. The van der Waals surface area contributed by atoms with Crippen LogP contribution in [0, 0.1) is 19.8 Å². The molecule has 0 atom stereocenters. The first-order valence-electron chi connectivity index (χ1n) is 5.45. The second-order valence-corrected chi connectivity index (χ2v) is 4.46. The lowest BCUT2D eigenvalue weighted by Crippen LogP contribution is -2.11. The second-order valence-electron chi connectivity index (χ2n) is 4.46. The van der Waals surface area contributed by atoms with E-state index in [0.29, 0.717) is 17.3 Å². The van der Waals surface area contributed by atoms with Gasteiger partial charge in [0.1, 0.15) is 0 Å². The van der Waals surface area contributed by atoms with Gasteiger partial charge in [-0.1, -0.05) is 13.8 Å². The van der Waals surface area contributed by atoms with Crippen LogP contribution in [0.1, 0.15) is 36.6 Å². The number of aliphatic carboxylic acids is 1. The number of aryl methyl sites for hydroxylation is 2. The number of hydrogen-bond acceptors (Lipinski definition) is 3. The van der Waals surface area contributed by atoms with Crippen LogP contribution < -0.4 is 0 Å². The summed E-state index contributed by atoms with van der Waals surface area (Å²) in [5.41, 5.74) is 3.11. The summed E-state index contributed by atoms with van der Waals surface area (Å²) in [5.74, 6) is -0.370. The van der Waals surface area contributed by atoms with Crippen molar-refractivity contribution in [1.29, 1.82) is 0 Å². The quantitative estimate of drug-likeness (QED) is 0.845. The summed E-state index contributed by atoms with van der Waals surface area (Å²) >= 11 is 0. The van der Waals surface area contributed by atoms with Crippen molar-refractivity contribution in [3.8, 4) is 0 Å². The molecular formula is C12H18N2O2. The number of rotatable bonds is 4. The van der Waals surface area contributed by atoms with Gasteiger partial charge in [-0.3, -0.25) is 14.8 Å². The first kappa shape index (κ1) is 12.6. The summed E-state index contributed by atoms with van der Waals surface area (Å²) in [5, 5.41) is 8.77. The first-order valence-corrected chi connectivity index (χ1v) is 5.45. The maximum Gasteiger partial charge on any atom is 0.309 e. The van der Waals surface area contributed by atoms with Crippen LogP contribution in [0.5, 0.6) is 0 Å². The van der Waals surface area contributed by atoms with E-state index in [-0.39, 0.29) is 6.42 Å². The average molecular weight is 222 g/mol. The lowest BCUT2D eigenvalue weighted by Gasteiger charge is -2.10. The molecule has 1 aromatic rings. The molecule has 0 saturated carbocycles. The van der Waals surface area contributed by atoms with Crippen molar-refractivity contribution in [2.45, 2.75) is 40.5 Å². The normalized spacial score (nSPS) is 10.8. The van der Waals surface area contributed by atoms with Gasteiger partial charge in [0.05, 0.1) is 29.2 Å². The largest absolute Gasteiger partial charge is 0.481 e. The highest BCUT2D eigenvalue weighted by Gasteiger charge is 2.12. The Morgan fingerprint density at radius 3 is 2.25 bits per heavy atom. The molecular weight excluding hydrogens is 204 g/mol. The fourth-order valence-electron chi connectivity index (χ4n) is 1.60. The van der Waals surface area contributed by atoms with Crippen molar-refractivity contribution in [3.63, 3.8) is 0 Å². The molecule has 1 N–H and O–H groups in total. The minimum atomic E-state index is -0.864. The summed E-state index contributed by atoms with van der Waals surface area (Å²) in [6.07, 6.45) is 0.788. The Morgan fingerprint density at radius 1 is 1.19 bits per heavy atom. The zero-order valence-electron chi connectivity index (χ0n) is 10.2. The molecule has 1 aromatic heterocycles. The summed E-state index contributed by atoms with van der Waals surface area (Å²) < 4.78 is 0. The second kappa shape index (κ2) is 5.05. The van der Waals surface area contributed by atoms with E-state index in [2.05, 4.69) is 23.8 Å². The molecule has 0 radical (unpaired) electrons. The number of carbonyl (C=O) groups is 1. The van der Waals surface area contributed by atoms with E-state index >= 15 is 0 Å². The van der Waals surface area contributed by atoms with Gasteiger partial charge >= 0.3 is 5.97 Å². The number of nitrogens with zero attached hydrogens (tertiary/aromatic N) is 2. The highest BCUT2D eigenvalue weighted by Crippen LogP contribution is 2.12. The average Bonchev–Trinajstić information content (AvgIpc) is 2.11. The van der Waals surface area contributed by atoms with E-state index in [4.69, 9.17) is 5.11 Å². The van der Waals surface area contributed by atoms with Gasteiger partial charge in [-0.05, 0) is 26.2 Å². The molecule has 88 valence electrons. The lowest BCUT2D eigenvalue weighted by atomic mass is 10.1. The zero-order chi connectivity index (χ0) is 12.3. The highest BCUT2D eigenvalue weighted by atomic mass is 16.4. The molecule has 0 aliphatic rings. The van der Waals surface area contributed by atoms with Gasteiger partial charge in [-0.25, -0.2) is 0 Å². The van der Waals surface area contributed by atoms with Crippen LogP contribution >= 0.6 is 0 Å². The lowest BCUT2D eigenvalue weighted by molar-refractivity contribution is -0.136. The first-order chi connectivity index (χ1) is 7.40. The molecule has 0 saturated heterocycles. The smallest absolute Gasteiger partial charge is 0.309 e. The van der Waals surface area contributed by atoms with Crippen molar-refractivity contribution >= 4 is 5.97 Å². The Balaban J connectivity index is 3.05. The molecule has 0 bridgehead atoms. The van der Waals surface area contributed by atoms with Crippen LogP contribution in [0.4, 0.5) is 0 Å². The third kappa shape index (κ3) is 3.29. The van der Waals surface area contributed by atoms with E-state index in [1.807, 2.05) is 6.92 Å². The van der Waals surface area contributed by atoms with Crippen LogP contribution in [0.2, 0.25) is 0 Å².